The van der Waals surface area contributed by atoms with Gasteiger partial charge in [-0.2, -0.15) is 0 Å². The number of ether oxygens (including phenoxy) is 1. The first-order chi connectivity index (χ1) is 9.63. The third kappa shape index (κ3) is 3.17. The maximum Gasteiger partial charge on any atom is 0.229 e. The molecule has 0 unspecified atom stereocenters. The number of methoxy groups -OCH3 is 1. The lowest BCUT2D eigenvalue weighted by molar-refractivity contribution is 0.199. The van der Waals surface area contributed by atoms with Crippen LogP contribution >= 0.6 is 0 Å². The van der Waals surface area contributed by atoms with Crippen LogP contribution in [0.2, 0.25) is 0 Å². The van der Waals surface area contributed by atoms with Gasteiger partial charge in [0.1, 0.15) is 6.26 Å². The van der Waals surface area contributed by atoms with Gasteiger partial charge in [-0.25, -0.2) is 18.2 Å². The van der Waals surface area contributed by atoms with Crippen LogP contribution in [-0.4, -0.2) is 25.2 Å². The Hall–Kier alpha value is -1.86. The number of benzene rings is 1. The normalized spacial score (nSPS) is 11.0. The molecule has 0 saturated carbocycles. The average molecular weight is 286 g/mol. The molecule has 2 rings (SSSR count). The van der Waals surface area contributed by atoms with Gasteiger partial charge < -0.3 is 14.5 Å². The minimum absolute atomic E-state index is 0.0926. The SMILES string of the molecule is COCCNCc1coc(-c2ccc(F)c(F)c2F)n1. The van der Waals surface area contributed by atoms with E-state index in [2.05, 4.69) is 10.3 Å². The second-order valence-electron chi connectivity index (χ2n) is 4.04. The third-order valence-corrected chi connectivity index (χ3v) is 2.61. The molecular weight excluding hydrogens is 273 g/mol. The fourth-order valence-corrected chi connectivity index (χ4v) is 1.59. The molecule has 0 saturated heterocycles. The van der Waals surface area contributed by atoms with E-state index in [1.165, 1.54) is 6.26 Å². The standard InChI is InChI=1S/C13H13F3N2O2/c1-19-5-4-17-6-8-7-20-13(18-8)9-2-3-10(14)12(16)11(9)15/h2-3,7,17H,4-6H2,1H3. The number of nitrogens with zero attached hydrogens (tertiary/aromatic N) is 1. The van der Waals surface area contributed by atoms with E-state index < -0.39 is 17.5 Å². The molecule has 1 N–H and O–H groups in total. The summed E-state index contributed by atoms with van der Waals surface area (Å²) >= 11 is 0. The van der Waals surface area contributed by atoms with E-state index >= 15 is 0 Å². The Balaban J connectivity index is 2.11. The Kier molecular flexibility index (Phi) is 4.75. The highest BCUT2D eigenvalue weighted by molar-refractivity contribution is 5.54. The third-order valence-electron chi connectivity index (χ3n) is 2.61. The lowest BCUT2D eigenvalue weighted by Gasteiger charge is -2.01. The van der Waals surface area contributed by atoms with E-state index in [-0.39, 0.29) is 11.5 Å². The summed E-state index contributed by atoms with van der Waals surface area (Å²) in [6.07, 6.45) is 1.33. The van der Waals surface area contributed by atoms with Crippen molar-refractivity contribution in [2.45, 2.75) is 6.54 Å². The van der Waals surface area contributed by atoms with Gasteiger partial charge in [-0.3, -0.25) is 0 Å². The number of nitrogens with one attached hydrogen (secondary N) is 1. The largest absolute Gasteiger partial charge is 0.444 e. The molecule has 1 aromatic heterocycles. The first-order valence-corrected chi connectivity index (χ1v) is 5.91. The van der Waals surface area contributed by atoms with Gasteiger partial charge >= 0.3 is 0 Å². The van der Waals surface area contributed by atoms with Gasteiger partial charge in [0, 0.05) is 20.2 Å². The van der Waals surface area contributed by atoms with Gasteiger partial charge in [0.2, 0.25) is 5.89 Å². The summed E-state index contributed by atoms with van der Waals surface area (Å²) in [4.78, 5) is 4.01. The van der Waals surface area contributed by atoms with E-state index in [1.807, 2.05) is 0 Å². The summed E-state index contributed by atoms with van der Waals surface area (Å²) in [5.41, 5.74) is 0.312. The van der Waals surface area contributed by atoms with Crippen LogP contribution < -0.4 is 5.32 Å². The predicted octanol–water partition coefficient (Wildman–Crippen LogP) is 2.49. The molecule has 0 radical (unpaired) electrons. The highest BCUT2D eigenvalue weighted by Gasteiger charge is 2.18. The van der Waals surface area contributed by atoms with Crippen LogP contribution in [-0.2, 0) is 11.3 Å². The molecule has 0 atom stereocenters. The molecule has 0 aliphatic rings. The van der Waals surface area contributed by atoms with Gasteiger partial charge in [0.05, 0.1) is 17.9 Å². The van der Waals surface area contributed by atoms with Crippen molar-refractivity contribution in [2.75, 3.05) is 20.3 Å². The number of oxazole rings is 1. The fourth-order valence-electron chi connectivity index (χ4n) is 1.59. The molecule has 20 heavy (non-hydrogen) atoms. The second-order valence-corrected chi connectivity index (χ2v) is 4.04. The summed E-state index contributed by atoms with van der Waals surface area (Å²) < 4.78 is 49.5. The van der Waals surface area contributed by atoms with Crippen molar-refractivity contribution < 1.29 is 22.3 Å². The second kappa shape index (κ2) is 6.53. The molecule has 1 heterocycles. The van der Waals surface area contributed by atoms with Gasteiger partial charge in [-0.1, -0.05) is 0 Å². The van der Waals surface area contributed by atoms with Crippen LogP contribution in [0.1, 0.15) is 5.69 Å². The van der Waals surface area contributed by atoms with E-state index in [0.717, 1.165) is 12.1 Å². The van der Waals surface area contributed by atoms with Crippen molar-refractivity contribution in [2.24, 2.45) is 0 Å². The van der Waals surface area contributed by atoms with Crippen molar-refractivity contribution in [1.82, 2.24) is 10.3 Å². The van der Waals surface area contributed by atoms with Crippen molar-refractivity contribution in [3.05, 3.63) is 41.5 Å². The van der Waals surface area contributed by atoms with Crippen LogP contribution in [0.3, 0.4) is 0 Å². The Labute approximate surface area is 113 Å². The molecule has 0 amide bonds. The highest BCUT2D eigenvalue weighted by atomic mass is 19.2. The molecule has 2 aromatic rings. The van der Waals surface area contributed by atoms with E-state index in [9.17, 15) is 13.2 Å². The van der Waals surface area contributed by atoms with E-state index in [4.69, 9.17) is 9.15 Å². The summed E-state index contributed by atoms with van der Waals surface area (Å²) in [6.45, 7) is 1.57. The first-order valence-electron chi connectivity index (χ1n) is 5.91. The zero-order valence-electron chi connectivity index (χ0n) is 10.8. The van der Waals surface area contributed by atoms with Crippen molar-refractivity contribution in [3.63, 3.8) is 0 Å². The number of halogens is 3. The average Bonchev–Trinajstić information content (AvgIpc) is 2.90. The lowest BCUT2D eigenvalue weighted by Crippen LogP contribution is -2.18. The Bertz CT molecular complexity index is 587. The molecule has 0 spiro atoms. The molecule has 0 bridgehead atoms. The van der Waals surface area contributed by atoms with E-state index in [1.54, 1.807) is 7.11 Å². The van der Waals surface area contributed by atoms with Crippen molar-refractivity contribution in [3.8, 4) is 11.5 Å². The molecular formula is C13H13F3N2O2. The molecule has 0 aliphatic heterocycles. The van der Waals surface area contributed by atoms with Crippen LogP contribution in [0.25, 0.3) is 11.5 Å². The lowest BCUT2D eigenvalue weighted by atomic mass is 10.2. The number of rotatable bonds is 6. The van der Waals surface area contributed by atoms with Crippen LogP contribution in [0.15, 0.2) is 22.8 Å². The topological polar surface area (TPSA) is 47.3 Å². The van der Waals surface area contributed by atoms with E-state index in [0.29, 0.717) is 25.4 Å². The van der Waals surface area contributed by atoms with Crippen molar-refractivity contribution in [1.29, 1.82) is 0 Å². The summed E-state index contributed by atoms with van der Waals surface area (Å²) in [5, 5.41) is 3.03. The zero-order chi connectivity index (χ0) is 14.5. The number of hydrogen-bond donors (Lipinski definition) is 1. The maximum absolute atomic E-state index is 13.6. The van der Waals surface area contributed by atoms with Crippen molar-refractivity contribution >= 4 is 0 Å². The van der Waals surface area contributed by atoms with Gasteiger partial charge in [0.25, 0.3) is 0 Å². The quantitative estimate of drug-likeness (QED) is 0.654. The van der Waals surface area contributed by atoms with Gasteiger partial charge in [-0.05, 0) is 12.1 Å². The number of hydrogen-bond acceptors (Lipinski definition) is 4. The van der Waals surface area contributed by atoms with Crippen LogP contribution in [0, 0.1) is 17.5 Å². The molecule has 4 nitrogen and oxygen atoms in total. The minimum atomic E-state index is -1.54. The molecule has 0 aliphatic carbocycles. The molecule has 1 aromatic carbocycles. The van der Waals surface area contributed by atoms with Crippen LogP contribution in [0.4, 0.5) is 13.2 Å². The fraction of sp³-hybridized carbons (Fsp3) is 0.308. The highest BCUT2D eigenvalue weighted by Crippen LogP contribution is 2.25. The summed E-state index contributed by atoms with van der Waals surface area (Å²) in [7, 11) is 1.59. The summed E-state index contributed by atoms with van der Waals surface area (Å²) in [6, 6.07) is 1.91. The predicted molar refractivity (Wildman–Crippen MR) is 65.4 cm³/mol. The zero-order valence-corrected chi connectivity index (χ0v) is 10.8. The first kappa shape index (κ1) is 14.5. The number of aromatic nitrogens is 1. The molecule has 108 valence electrons. The monoisotopic (exact) mass is 286 g/mol. The smallest absolute Gasteiger partial charge is 0.229 e. The Morgan fingerprint density at radius 1 is 1.25 bits per heavy atom. The van der Waals surface area contributed by atoms with Crippen LogP contribution in [0.5, 0.6) is 0 Å². The molecule has 0 fully saturated rings. The Morgan fingerprint density at radius 3 is 2.80 bits per heavy atom. The Morgan fingerprint density at radius 2 is 2.05 bits per heavy atom. The minimum Gasteiger partial charge on any atom is -0.444 e. The van der Waals surface area contributed by atoms with Gasteiger partial charge in [-0.15, -0.1) is 0 Å². The summed E-state index contributed by atoms with van der Waals surface area (Å²) in [5.74, 6) is -4.20. The van der Waals surface area contributed by atoms with Gasteiger partial charge in [0.15, 0.2) is 17.5 Å². The molecule has 7 heteroatoms. The maximum atomic E-state index is 13.6.